The van der Waals surface area contributed by atoms with Gasteiger partial charge in [0.2, 0.25) is 10.3 Å². The third kappa shape index (κ3) is 5.36. The number of urea groups is 1. The van der Waals surface area contributed by atoms with Crippen LogP contribution in [-0.2, 0) is 6.54 Å². The number of ether oxygens (including phenoxy) is 1. The van der Waals surface area contributed by atoms with Gasteiger partial charge in [-0.3, -0.25) is 10.2 Å². The van der Waals surface area contributed by atoms with Crippen LogP contribution in [0.2, 0.25) is 0 Å². The third-order valence-electron chi connectivity index (χ3n) is 5.53. The van der Waals surface area contributed by atoms with Crippen LogP contribution in [0.15, 0.2) is 24.3 Å². The molecule has 2 heterocycles. The number of anilines is 2. The largest absolute Gasteiger partial charge is 0.497 e. The fraction of sp³-hybridized carbons (Fsp3) is 0.550. The van der Waals surface area contributed by atoms with Crippen molar-refractivity contribution in [1.82, 2.24) is 20.4 Å². The van der Waals surface area contributed by atoms with Crippen LogP contribution in [0.5, 0.6) is 5.75 Å². The maximum Gasteiger partial charge on any atom is 0.321 e. The van der Waals surface area contributed by atoms with Crippen molar-refractivity contribution in [3.8, 4) is 5.75 Å². The molecule has 0 bridgehead atoms. The number of nitrogens with zero attached hydrogens (tertiary/aromatic N) is 4. The van der Waals surface area contributed by atoms with E-state index in [1.807, 2.05) is 12.1 Å². The summed E-state index contributed by atoms with van der Waals surface area (Å²) in [4.78, 5) is 16.8. The Balaban J connectivity index is 1.23. The second-order valence-electron chi connectivity index (χ2n) is 7.58. The number of rotatable bonds is 6. The summed E-state index contributed by atoms with van der Waals surface area (Å²) in [5.74, 6) is 0.885. The Bertz CT molecular complexity index is 798. The van der Waals surface area contributed by atoms with E-state index in [4.69, 9.17) is 4.74 Å². The molecule has 1 aromatic carbocycles. The van der Waals surface area contributed by atoms with Crippen LogP contribution in [0.4, 0.5) is 15.1 Å². The van der Waals surface area contributed by atoms with Crippen LogP contribution >= 0.6 is 11.3 Å². The summed E-state index contributed by atoms with van der Waals surface area (Å²) in [5.41, 5.74) is 1.29. The van der Waals surface area contributed by atoms with Gasteiger partial charge in [-0.1, -0.05) is 36.3 Å². The molecule has 2 amide bonds. The Morgan fingerprint density at radius 3 is 2.55 bits per heavy atom. The topological polar surface area (TPSA) is 82.6 Å². The molecule has 4 rings (SSSR count). The van der Waals surface area contributed by atoms with Gasteiger partial charge in [-0.2, -0.15) is 0 Å². The molecule has 2 fully saturated rings. The van der Waals surface area contributed by atoms with E-state index in [1.54, 1.807) is 7.11 Å². The summed E-state index contributed by atoms with van der Waals surface area (Å²) >= 11 is 1.43. The van der Waals surface area contributed by atoms with Crippen LogP contribution in [-0.4, -0.2) is 60.5 Å². The maximum absolute atomic E-state index is 12.1. The van der Waals surface area contributed by atoms with Crippen LogP contribution in [0.25, 0.3) is 0 Å². The maximum atomic E-state index is 12.1. The lowest BCUT2D eigenvalue weighted by Gasteiger charge is -2.34. The van der Waals surface area contributed by atoms with E-state index in [-0.39, 0.29) is 6.03 Å². The highest BCUT2D eigenvalue weighted by atomic mass is 32.1. The molecule has 0 spiro atoms. The first-order valence-corrected chi connectivity index (χ1v) is 11.0. The molecule has 2 aromatic rings. The van der Waals surface area contributed by atoms with Crippen molar-refractivity contribution in [2.24, 2.45) is 0 Å². The first-order chi connectivity index (χ1) is 14.2. The predicted octanol–water partition coefficient (Wildman–Crippen LogP) is 2.93. The van der Waals surface area contributed by atoms with Crippen molar-refractivity contribution < 1.29 is 9.53 Å². The van der Waals surface area contributed by atoms with Gasteiger partial charge in [-0.15, -0.1) is 10.2 Å². The van der Waals surface area contributed by atoms with Crippen LogP contribution in [0.3, 0.4) is 0 Å². The molecule has 1 aliphatic heterocycles. The minimum absolute atomic E-state index is 0.177. The molecule has 8 nitrogen and oxygen atoms in total. The number of amides is 2. The Morgan fingerprint density at radius 2 is 1.86 bits per heavy atom. The second kappa shape index (κ2) is 9.41. The average molecular weight is 417 g/mol. The molecular weight excluding hydrogens is 388 g/mol. The highest BCUT2D eigenvalue weighted by Crippen LogP contribution is 2.25. The van der Waals surface area contributed by atoms with Gasteiger partial charge in [0.25, 0.3) is 0 Å². The first kappa shape index (κ1) is 19.9. The van der Waals surface area contributed by atoms with Crippen LogP contribution < -0.4 is 20.3 Å². The SMILES string of the molecule is COc1ccc(CN2CCN(c3nnc(NC(=O)NC4CCCC4)s3)CC2)cc1. The van der Waals surface area contributed by atoms with Crippen molar-refractivity contribution >= 4 is 27.6 Å². The highest BCUT2D eigenvalue weighted by molar-refractivity contribution is 7.19. The summed E-state index contributed by atoms with van der Waals surface area (Å²) < 4.78 is 5.22. The molecule has 9 heteroatoms. The average Bonchev–Trinajstić information content (AvgIpc) is 3.41. The molecule has 0 unspecified atom stereocenters. The normalized spacial score (nSPS) is 18.0. The number of hydrogen-bond donors (Lipinski definition) is 2. The van der Waals surface area contributed by atoms with Gasteiger partial charge in [-0.05, 0) is 30.5 Å². The zero-order valence-corrected chi connectivity index (χ0v) is 17.6. The molecule has 1 aliphatic carbocycles. The second-order valence-corrected chi connectivity index (χ2v) is 8.54. The number of methoxy groups -OCH3 is 1. The van der Waals surface area contributed by atoms with Gasteiger partial charge in [-0.25, -0.2) is 4.79 Å². The standard InChI is InChI=1S/C20H28N6O2S/c1-28-17-8-6-15(7-9-17)14-25-10-12-26(13-11-25)20-24-23-19(29-20)22-18(27)21-16-4-2-3-5-16/h6-9,16H,2-5,10-14H2,1H3,(H2,21,22,23,27). The fourth-order valence-electron chi connectivity index (χ4n) is 3.87. The summed E-state index contributed by atoms with van der Waals surface area (Å²) in [7, 11) is 1.69. The smallest absolute Gasteiger partial charge is 0.321 e. The quantitative estimate of drug-likeness (QED) is 0.753. The van der Waals surface area contributed by atoms with Gasteiger partial charge in [0.05, 0.1) is 7.11 Å². The van der Waals surface area contributed by atoms with E-state index in [1.165, 1.54) is 29.7 Å². The third-order valence-corrected chi connectivity index (χ3v) is 6.43. The molecule has 156 valence electrons. The Hall–Kier alpha value is -2.39. The van der Waals surface area contributed by atoms with Crippen molar-refractivity contribution in [2.75, 3.05) is 43.5 Å². The zero-order valence-electron chi connectivity index (χ0n) is 16.8. The molecule has 2 N–H and O–H groups in total. The summed E-state index contributed by atoms with van der Waals surface area (Å²) in [6, 6.07) is 8.36. The van der Waals surface area contributed by atoms with E-state index in [0.717, 1.165) is 56.4 Å². The minimum Gasteiger partial charge on any atom is -0.497 e. The molecule has 1 saturated heterocycles. The highest BCUT2D eigenvalue weighted by Gasteiger charge is 2.22. The monoisotopic (exact) mass is 416 g/mol. The number of piperazine rings is 1. The zero-order chi connectivity index (χ0) is 20.1. The Kier molecular flexibility index (Phi) is 6.46. The van der Waals surface area contributed by atoms with Gasteiger partial charge in [0, 0.05) is 38.8 Å². The number of aromatic nitrogens is 2. The van der Waals surface area contributed by atoms with Crippen molar-refractivity contribution in [3.63, 3.8) is 0 Å². The van der Waals surface area contributed by atoms with E-state index in [9.17, 15) is 4.79 Å². The fourth-order valence-corrected chi connectivity index (χ4v) is 4.66. The summed E-state index contributed by atoms with van der Waals surface area (Å²) in [5, 5.41) is 15.7. The van der Waals surface area contributed by atoms with Gasteiger partial charge in [0.15, 0.2) is 0 Å². The molecule has 0 atom stereocenters. The van der Waals surface area contributed by atoms with Crippen molar-refractivity contribution in [1.29, 1.82) is 0 Å². The number of benzene rings is 1. The minimum atomic E-state index is -0.177. The van der Waals surface area contributed by atoms with E-state index in [0.29, 0.717) is 11.2 Å². The van der Waals surface area contributed by atoms with Crippen LogP contribution in [0, 0.1) is 0 Å². The number of nitrogens with one attached hydrogen (secondary N) is 2. The lowest BCUT2D eigenvalue weighted by Crippen LogP contribution is -2.45. The molecule has 29 heavy (non-hydrogen) atoms. The molecule has 1 saturated carbocycles. The van der Waals surface area contributed by atoms with E-state index < -0.39 is 0 Å². The number of hydrogen-bond acceptors (Lipinski definition) is 7. The molecule has 1 aromatic heterocycles. The Morgan fingerprint density at radius 1 is 1.14 bits per heavy atom. The van der Waals surface area contributed by atoms with Crippen molar-refractivity contribution in [2.45, 2.75) is 38.3 Å². The van der Waals surface area contributed by atoms with E-state index in [2.05, 4.69) is 42.8 Å². The van der Waals surface area contributed by atoms with Crippen molar-refractivity contribution in [3.05, 3.63) is 29.8 Å². The molecular formula is C20H28N6O2S. The number of carbonyl (C=O) groups excluding carboxylic acids is 1. The lowest BCUT2D eigenvalue weighted by atomic mass is 10.2. The van der Waals surface area contributed by atoms with Gasteiger partial charge in [0.1, 0.15) is 5.75 Å². The van der Waals surface area contributed by atoms with Crippen LogP contribution in [0.1, 0.15) is 31.2 Å². The summed E-state index contributed by atoms with van der Waals surface area (Å²) in [6.07, 6.45) is 4.52. The van der Waals surface area contributed by atoms with E-state index >= 15 is 0 Å². The predicted molar refractivity (Wildman–Crippen MR) is 115 cm³/mol. The molecule has 2 aliphatic rings. The van der Waals surface area contributed by atoms with Gasteiger partial charge >= 0.3 is 6.03 Å². The first-order valence-electron chi connectivity index (χ1n) is 10.2. The Labute approximate surface area is 175 Å². The molecule has 0 radical (unpaired) electrons. The lowest BCUT2D eigenvalue weighted by molar-refractivity contribution is 0.248. The van der Waals surface area contributed by atoms with Gasteiger partial charge < -0.3 is 15.0 Å². The number of carbonyl (C=O) groups is 1. The summed E-state index contributed by atoms with van der Waals surface area (Å²) in [6.45, 7) is 4.67.